The normalized spacial score (nSPS) is 15.0. The average molecular weight is 346 g/mol. The quantitative estimate of drug-likeness (QED) is 0.293. The third kappa shape index (κ3) is 7.47. The molecule has 0 aromatic heterocycles. The second kappa shape index (κ2) is 10.1. The Morgan fingerprint density at radius 3 is 1.00 bits per heavy atom. The number of ether oxygens (including phenoxy) is 4. The van der Waals surface area contributed by atoms with Crippen LogP contribution in [0.25, 0.3) is 0 Å². The van der Waals surface area contributed by atoms with Gasteiger partial charge in [-0.3, -0.25) is 28.8 Å². The monoisotopic (exact) mass is 346 g/mol. The molecule has 0 amide bonds. The number of carbonyl (C=O) groups excluding carboxylic acids is 6. The molecule has 0 aromatic rings. The Morgan fingerprint density at radius 2 is 0.833 bits per heavy atom. The number of carbonyl (C=O) groups is 6. The second-order valence-electron chi connectivity index (χ2n) is 4.57. The summed E-state index contributed by atoms with van der Waals surface area (Å²) in [7, 11) is 0. The van der Waals surface area contributed by atoms with Gasteiger partial charge in [-0.25, -0.2) is 0 Å². The van der Waals surface area contributed by atoms with Gasteiger partial charge in [-0.15, -0.1) is 0 Å². The van der Waals surface area contributed by atoms with Crippen molar-refractivity contribution in [1.29, 1.82) is 0 Å². The first kappa shape index (κ1) is 21.2. The summed E-state index contributed by atoms with van der Waals surface area (Å²) >= 11 is 0. The Morgan fingerprint density at radius 1 is 0.583 bits per heavy atom. The van der Waals surface area contributed by atoms with Gasteiger partial charge in [-0.2, -0.15) is 0 Å². The van der Waals surface area contributed by atoms with Crippen LogP contribution < -0.4 is 0 Å². The van der Waals surface area contributed by atoms with E-state index in [0.717, 1.165) is 27.7 Å². The standard InChI is InChI=1S/C14H18O10/c1-7(17)21-11(5-15)13(23-9(3)19)14(24-10(4)20)12(6-16)22-8(2)18/h5-6,11-14H,1-4H3/t11-,12+,13+,14-. The van der Waals surface area contributed by atoms with Crippen LogP contribution in [0.5, 0.6) is 0 Å². The molecule has 0 N–H and O–H groups in total. The van der Waals surface area contributed by atoms with Crippen molar-refractivity contribution < 1.29 is 47.7 Å². The second-order valence-corrected chi connectivity index (χ2v) is 4.57. The molecule has 0 aliphatic rings. The van der Waals surface area contributed by atoms with E-state index in [0.29, 0.717) is 0 Å². The highest BCUT2D eigenvalue weighted by Gasteiger charge is 2.43. The van der Waals surface area contributed by atoms with E-state index in [1.165, 1.54) is 0 Å². The maximum atomic E-state index is 11.3. The van der Waals surface area contributed by atoms with Crippen molar-refractivity contribution in [2.24, 2.45) is 0 Å². The Kier molecular flexibility index (Phi) is 8.91. The Labute approximate surface area is 137 Å². The molecule has 24 heavy (non-hydrogen) atoms. The number of aldehydes is 2. The summed E-state index contributed by atoms with van der Waals surface area (Å²) in [6.45, 7) is 3.95. The lowest BCUT2D eigenvalue weighted by molar-refractivity contribution is -0.195. The van der Waals surface area contributed by atoms with Crippen molar-refractivity contribution >= 4 is 36.4 Å². The molecule has 0 spiro atoms. The number of esters is 4. The zero-order chi connectivity index (χ0) is 18.9. The summed E-state index contributed by atoms with van der Waals surface area (Å²) in [5.74, 6) is -3.60. The maximum Gasteiger partial charge on any atom is 0.303 e. The zero-order valence-electron chi connectivity index (χ0n) is 13.5. The van der Waals surface area contributed by atoms with Crippen molar-refractivity contribution in [2.45, 2.75) is 52.1 Å². The summed E-state index contributed by atoms with van der Waals surface area (Å²) in [5.41, 5.74) is 0. The van der Waals surface area contributed by atoms with Gasteiger partial charge in [-0.1, -0.05) is 0 Å². The van der Waals surface area contributed by atoms with Gasteiger partial charge >= 0.3 is 23.9 Å². The van der Waals surface area contributed by atoms with E-state index in [1.807, 2.05) is 0 Å². The molecule has 0 fully saturated rings. The molecule has 0 bridgehead atoms. The minimum absolute atomic E-state index is 0.126. The van der Waals surface area contributed by atoms with Gasteiger partial charge in [-0.05, 0) is 0 Å². The van der Waals surface area contributed by atoms with Crippen molar-refractivity contribution in [2.75, 3.05) is 0 Å². The topological polar surface area (TPSA) is 139 Å². The van der Waals surface area contributed by atoms with Gasteiger partial charge in [0.2, 0.25) is 0 Å². The van der Waals surface area contributed by atoms with Crippen LogP contribution in [0, 0.1) is 0 Å². The largest absolute Gasteiger partial charge is 0.454 e. The van der Waals surface area contributed by atoms with Crippen molar-refractivity contribution in [3.8, 4) is 0 Å². The summed E-state index contributed by atoms with van der Waals surface area (Å²) in [4.78, 5) is 67.1. The fourth-order valence-corrected chi connectivity index (χ4v) is 1.75. The van der Waals surface area contributed by atoms with Crippen LogP contribution in [0.2, 0.25) is 0 Å². The van der Waals surface area contributed by atoms with Crippen molar-refractivity contribution in [3.05, 3.63) is 0 Å². The third-order valence-corrected chi connectivity index (χ3v) is 2.45. The molecule has 10 nitrogen and oxygen atoms in total. The molecular weight excluding hydrogens is 328 g/mol. The minimum atomic E-state index is -1.69. The van der Waals surface area contributed by atoms with Crippen LogP contribution in [-0.4, -0.2) is 60.9 Å². The highest BCUT2D eigenvalue weighted by atomic mass is 16.6. The lowest BCUT2D eigenvalue weighted by atomic mass is 10.0. The van der Waals surface area contributed by atoms with E-state index in [4.69, 9.17) is 18.9 Å². The number of hydrogen-bond acceptors (Lipinski definition) is 10. The highest BCUT2D eigenvalue weighted by Crippen LogP contribution is 2.17. The molecular formula is C14H18O10. The summed E-state index contributed by atoms with van der Waals surface area (Å²) in [6, 6.07) is 0. The van der Waals surface area contributed by atoms with Gasteiger partial charge in [0.25, 0.3) is 0 Å². The third-order valence-electron chi connectivity index (χ3n) is 2.45. The van der Waals surface area contributed by atoms with E-state index >= 15 is 0 Å². The van der Waals surface area contributed by atoms with E-state index < -0.39 is 48.3 Å². The summed E-state index contributed by atoms with van der Waals surface area (Å²) in [5, 5.41) is 0. The summed E-state index contributed by atoms with van der Waals surface area (Å²) in [6.07, 6.45) is -6.50. The van der Waals surface area contributed by atoms with Gasteiger partial charge in [0.05, 0.1) is 0 Å². The van der Waals surface area contributed by atoms with E-state index in [1.54, 1.807) is 0 Å². The molecule has 0 unspecified atom stereocenters. The predicted octanol–water partition coefficient (Wildman–Crippen LogP) is -0.889. The molecule has 0 saturated carbocycles. The van der Waals surface area contributed by atoms with Crippen LogP contribution in [0.3, 0.4) is 0 Å². The molecule has 0 saturated heterocycles. The lowest BCUT2D eigenvalue weighted by Crippen LogP contribution is -2.52. The fourth-order valence-electron chi connectivity index (χ4n) is 1.75. The zero-order valence-corrected chi connectivity index (χ0v) is 13.5. The first-order chi connectivity index (χ1) is 11.1. The van der Waals surface area contributed by atoms with Crippen LogP contribution in [0.15, 0.2) is 0 Å². The van der Waals surface area contributed by atoms with E-state index in [-0.39, 0.29) is 12.6 Å². The predicted molar refractivity (Wildman–Crippen MR) is 74.3 cm³/mol. The van der Waals surface area contributed by atoms with Crippen LogP contribution in [0.1, 0.15) is 27.7 Å². The number of rotatable bonds is 9. The van der Waals surface area contributed by atoms with Crippen LogP contribution >= 0.6 is 0 Å². The van der Waals surface area contributed by atoms with E-state index in [9.17, 15) is 28.8 Å². The number of hydrogen-bond donors (Lipinski definition) is 0. The van der Waals surface area contributed by atoms with Gasteiger partial charge in [0.1, 0.15) is 0 Å². The van der Waals surface area contributed by atoms with E-state index in [2.05, 4.69) is 0 Å². The first-order valence-corrected chi connectivity index (χ1v) is 6.71. The Balaban J connectivity index is 5.83. The molecule has 10 heteroatoms. The SMILES string of the molecule is CC(=O)O[C@H]([C@H](OC(C)=O)[C@H](C=O)OC(C)=O)[C@@H](C=O)OC(C)=O. The minimum Gasteiger partial charge on any atom is -0.454 e. The molecule has 0 aliphatic carbocycles. The van der Waals surface area contributed by atoms with Gasteiger partial charge in [0.15, 0.2) is 37.0 Å². The molecule has 134 valence electrons. The van der Waals surface area contributed by atoms with Crippen molar-refractivity contribution in [3.63, 3.8) is 0 Å². The highest BCUT2D eigenvalue weighted by molar-refractivity contribution is 5.74. The van der Waals surface area contributed by atoms with Crippen molar-refractivity contribution in [1.82, 2.24) is 0 Å². The lowest BCUT2D eigenvalue weighted by Gasteiger charge is -2.31. The maximum absolute atomic E-state index is 11.3. The first-order valence-electron chi connectivity index (χ1n) is 6.71. The average Bonchev–Trinajstić information content (AvgIpc) is 2.45. The molecule has 0 aromatic carbocycles. The smallest absolute Gasteiger partial charge is 0.303 e. The van der Waals surface area contributed by atoms with Gasteiger partial charge < -0.3 is 18.9 Å². The molecule has 0 heterocycles. The summed E-state index contributed by atoms with van der Waals surface area (Å²) < 4.78 is 19.1. The van der Waals surface area contributed by atoms with Gasteiger partial charge in [0, 0.05) is 27.7 Å². The fraction of sp³-hybridized carbons (Fsp3) is 0.571. The molecule has 0 rings (SSSR count). The molecule has 0 radical (unpaired) electrons. The molecule has 4 atom stereocenters. The van der Waals surface area contributed by atoms with Crippen LogP contribution in [-0.2, 0) is 47.7 Å². The van der Waals surface area contributed by atoms with Crippen LogP contribution in [0.4, 0.5) is 0 Å². The Hall–Kier alpha value is -2.78. The molecule has 0 aliphatic heterocycles. The Bertz CT molecular complexity index is 466.